The summed E-state index contributed by atoms with van der Waals surface area (Å²) in [7, 11) is 1.69. The molecular weight excluding hydrogens is 424 g/mol. The Morgan fingerprint density at radius 2 is 1.71 bits per heavy atom. The second-order valence-corrected chi connectivity index (χ2v) is 10.3. The van der Waals surface area contributed by atoms with Crippen molar-refractivity contribution in [1.82, 2.24) is 0 Å². The second-order valence-electron chi connectivity index (χ2n) is 10.3. The third kappa shape index (κ3) is 4.07. The first-order valence-electron chi connectivity index (χ1n) is 11.6. The monoisotopic (exact) mass is 454 g/mol. The van der Waals surface area contributed by atoms with Crippen LogP contribution in [0.3, 0.4) is 0 Å². The standard InChI is InChI=1S/C29H30N2O3/c1-28(2)16-20-15-23(33-5)26-22(17-29(3,4)34-26)24(20)25(31-28)18-11-13-19(14-12-18)27(32)30-21-9-7-6-8-10-21/h6-15H,16-17H2,1-5H3,(H,30,32). The van der Waals surface area contributed by atoms with Gasteiger partial charge in [0.25, 0.3) is 5.91 Å². The third-order valence-corrected chi connectivity index (χ3v) is 6.35. The lowest BCUT2D eigenvalue weighted by Crippen LogP contribution is -2.30. The van der Waals surface area contributed by atoms with Crippen molar-refractivity contribution in [2.75, 3.05) is 12.4 Å². The third-order valence-electron chi connectivity index (χ3n) is 6.35. The zero-order chi connectivity index (χ0) is 24.1. The molecule has 2 aliphatic rings. The highest BCUT2D eigenvalue weighted by Crippen LogP contribution is 2.47. The van der Waals surface area contributed by atoms with E-state index in [1.165, 1.54) is 5.56 Å². The Labute approximate surface area is 200 Å². The molecule has 5 nitrogen and oxygen atoms in total. The topological polar surface area (TPSA) is 59.9 Å². The van der Waals surface area contributed by atoms with Crippen molar-refractivity contribution >= 4 is 17.3 Å². The number of benzene rings is 3. The molecule has 34 heavy (non-hydrogen) atoms. The Bertz CT molecular complexity index is 1290. The number of aliphatic imine (C=N–C) groups is 1. The van der Waals surface area contributed by atoms with E-state index in [1.54, 1.807) is 7.11 Å². The van der Waals surface area contributed by atoms with Gasteiger partial charge in [-0.15, -0.1) is 0 Å². The van der Waals surface area contributed by atoms with E-state index in [2.05, 4.69) is 39.1 Å². The molecule has 2 aliphatic heterocycles. The van der Waals surface area contributed by atoms with E-state index >= 15 is 0 Å². The summed E-state index contributed by atoms with van der Waals surface area (Å²) in [4.78, 5) is 17.9. The molecule has 2 heterocycles. The highest BCUT2D eigenvalue weighted by molar-refractivity contribution is 6.16. The molecule has 1 N–H and O–H groups in total. The molecule has 1 amide bonds. The molecule has 0 aromatic heterocycles. The molecule has 0 atom stereocenters. The number of hydrogen-bond acceptors (Lipinski definition) is 4. The molecule has 0 radical (unpaired) electrons. The predicted octanol–water partition coefficient (Wildman–Crippen LogP) is 5.83. The fourth-order valence-corrected chi connectivity index (χ4v) is 4.93. The van der Waals surface area contributed by atoms with Crippen LogP contribution in [0, 0.1) is 0 Å². The van der Waals surface area contributed by atoms with Gasteiger partial charge < -0.3 is 14.8 Å². The Balaban J connectivity index is 1.54. The zero-order valence-electron chi connectivity index (χ0n) is 20.4. The molecule has 0 unspecified atom stereocenters. The van der Waals surface area contributed by atoms with Gasteiger partial charge in [-0.25, -0.2) is 0 Å². The van der Waals surface area contributed by atoms with Crippen LogP contribution in [0.1, 0.15) is 60.3 Å². The van der Waals surface area contributed by atoms with Gasteiger partial charge in [-0.3, -0.25) is 9.79 Å². The van der Waals surface area contributed by atoms with Gasteiger partial charge in [0.05, 0.1) is 18.4 Å². The van der Waals surface area contributed by atoms with Gasteiger partial charge in [0.1, 0.15) is 5.60 Å². The van der Waals surface area contributed by atoms with E-state index in [1.807, 2.05) is 54.6 Å². The summed E-state index contributed by atoms with van der Waals surface area (Å²) in [5.74, 6) is 1.46. The summed E-state index contributed by atoms with van der Waals surface area (Å²) in [6, 6.07) is 19.3. The van der Waals surface area contributed by atoms with Crippen LogP contribution in [0.2, 0.25) is 0 Å². The molecule has 174 valence electrons. The fourth-order valence-electron chi connectivity index (χ4n) is 4.93. The first kappa shape index (κ1) is 22.2. The summed E-state index contributed by atoms with van der Waals surface area (Å²) in [6.07, 6.45) is 1.62. The molecule has 0 bridgehead atoms. The lowest BCUT2D eigenvalue weighted by atomic mass is 9.81. The van der Waals surface area contributed by atoms with Crippen molar-refractivity contribution < 1.29 is 14.3 Å². The maximum Gasteiger partial charge on any atom is 0.255 e. The molecule has 0 saturated heterocycles. The Kier molecular flexibility index (Phi) is 5.23. The van der Waals surface area contributed by atoms with E-state index in [0.29, 0.717) is 5.56 Å². The molecule has 0 spiro atoms. The zero-order valence-corrected chi connectivity index (χ0v) is 20.4. The molecular formula is C29H30N2O3. The minimum absolute atomic E-state index is 0.134. The molecule has 5 heteroatoms. The number of carbonyl (C=O) groups is 1. The van der Waals surface area contributed by atoms with Gasteiger partial charge >= 0.3 is 0 Å². The van der Waals surface area contributed by atoms with Crippen LogP contribution in [0.4, 0.5) is 5.69 Å². The number of methoxy groups -OCH3 is 1. The Hall–Kier alpha value is -3.60. The quantitative estimate of drug-likeness (QED) is 0.539. The summed E-state index contributed by atoms with van der Waals surface area (Å²) in [5, 5.41) is 2.94. The summed E-state index contributed by atoms with van der Waals surface area (Å²) >= 11 is 0. The number of rotatable bonds is 4. The average molecular weight is 455 g/mol. The maximum absolute atomic E-state index is 12.7. The number of carbonyl (C=O) groups excluding carboxylic acids is 1. The smallest absolute Gasteiger partial charge is 0.255 e. The number of ether oxygens (including phenoxy) is 2. The molecule has 5 rings (SSSR count). The number of nitrogens with zero attached hydrogens (tertiary/aromatic N) is 1. The van der Waals surface area contributed by atoms with Crippen LogP contribution >= 0.6 is 0 Å². The van der Waals surface area contributed by atoms with E-state index < -0.39 is 0 Å². The molecule has 3 aromatic carbocycles. The number of anilines is 1. The summed E-state index contributed by atoms with van der Waals surface area (Å²) in [5.41, 5.74) is 6.27. The SMILES string of the molecule is COc1cc2c(c3c1OC(C)(C)C3)C(c1ccc(C(=O)Nc3ccccc3)cc1)=NC(C)(C)C2. The van der Waals surface area contributed by atoms with E-state index in [0.717, 1.165) is 52.4 Å². The van der Waals surface area contributed by atoms with Gasteiger partial charge in [-0.05, 0) is 70.0 Å². The van der Waals surface area contributed by atoms with Crippen molar-refractivity contribution in [1.29, 1.82) is 0 Å². The molecule has 0 aliphatic carbocycles. The first-order chi connectivity index (χ1) is 16.2. The highest BCUT2D eigenvalue weighted by atomic mass is 16.5. The lowest BCUT2D eigenvalue weighted by molar-refractivity contribution is 0.102. The van der Waals surface area contributed by atoms with Crippen molar-refractivity contribution in [3.8, 4) is 11.5 Å². The highest BCUT2D eigenvalue weighted by Gasteiger charge is 2.39. The Morgan fingerprint density at radius 1 is 1.00 bits per heavy atom. The van der Waals surface area contributed by atoms with E-state index in [4.69, 9.17) is 14.5 Å². The molecule has 0 fully saturated rings. The van der Waals surface area contributed by atoms with E-state index in [-0.39, 0.29) is 17.0 Å². The number of nitrogens with one attached hydrogen (secondary N) is 1. The van der Waals surface area contributed by atoms with Crippen LogP contribution in [0.5, 0.6) is 11.5 Å². The molecule has 3 aromatic rings. The van der Waals surface area contributed by atoms with Crippen LogP contribution in [-0.4, -0.2) is 29.9 Å². The lowest BCUT2D eigenvalue weighted by Gasteiger charge is -2.31. The van der Waals surface area contributed by atoms with Crippen molar-refractivity contribution in [3.63, 3.8) is 0 Å². The van der Waals surface area contributed by atoms with Crippen molar-refractivity contribution in [2.24, 2.45) is 4.99 Å². The van der Waals surface area contributed by atoms with Crippen LogP contribution in [-0.2, 0) is 12.8 Å². The fraction of sp³-hybridized carbons (Fsp3) is 0.310. The van der Waals surface area contributed by atoms with Crippen LogP contribution in [0.15, 0.2) is 65.7 Å². The normalized spacial score (nSPS) is 17.1. The number of para-hydroxylation sites is 1. The summed E-state index contributed by atoms with van der Waals surface area (Å²) < 4.78 is 12.0. The molecule has 0 saturated carbocycles. The van der Waals surface area contributed by atoms with Gasteiger partial charge in [0, 0.05) is 34.4 Å². The number of fused-ring (bicyclic) bond motifs is 3. The minimum atomic E-state index is -0.303. The minimum Gasteiger partial charge on any atom is -0.493 e. The van der Waals surface area contributed by atoms with Gasteiger partial charge in [-0.2, -0.15) is 0 Å². The van der Waals surface area contributed by atoms with Gasteiger partial charge in [0.15, 0.2) is 11.5 Å². The largest absolute Gasteiger partial charge is 0.493 e. The first-order valence-corrected chi connectivity index (χ1v) is 11.6. The maximum atomic E-state index is 12.7. The Morgan fingerprint density at radius 3 is 2.38 bits per heavy atom. The average Bonchev–Trinajstić information content (AvgIpc) is 3.12. The van der Waals surface area contributed by atoms with E-state index in [9.17, 15) is 4.79 Å². The second kappa shape index (κ2) is 8.01. The van der Waals surface area contributed by atoms with Crippen LogP contribution < -0.4 is 14.8 Å². The van der Waals surface area contributed by atoms with Crippen molar-refractivity contribution in [3.05, 3.63) is 88.5 Å². The van der Waals surface area contributed by atoms with Crippen LogP contribution in [0.25, 0.3) is 0 Å². The summed E-state index contributed by atoms with van der Waals surface area (Å²) in [6.45, 7) is 8.50. The van der Waals surface area contributed by atoms with Crippen molar-refractivity contribution in [2.45, 2.75) is 51.7 Å². The predicted molar refractivity (Wildman–Crippen MR) is 136 cm³/mol. The van der Waals surface area contributed by atoms with Gasteiger partial charge in [0.2, 0.25) is 0 Å². The number of amides is 1. The van der Waals surface area contributed by atoms with Gasteiger partial charge in [-0.1, -0.05) is 30.3 Å². The number of hydrogen-bond donors (Lipinski definition) is 1.